The summed E-state index contributed by atoms with van der Waals surface area (Å²) in [5.41, 5.74) is 1.20. The zero-order chi connectivity index (χ0) is 24.2. The average molecular weight is 475 g/mol. The Morgan fingerprint density at radius 2 is 1.71 bits per heavy atom. The molecule has 0 unspecified atom stereocenters. The first-order valence-electron chi connectivity index (χ1n) is 9.99. The van der Waals surface area contributed by atoms with Gasteiger partial charge in [-0.25, -0.2) is 9.18 Å². The molecule has 1 heterocycles. The first kappa shape index (κ1) is 22.8. The molecule has 0 saturated carbocycles. The van der Waals surface area contributed by atoms with Crippen LogP contribution in [-0.4, -0.2) is 13.0 Å². The number of amides is 1. The van der Waals surface area contributed by atoms with Crippen LogP contribution in [0.2, 0.25) is 5.02 Å². The normalized spacial score (nSPS) is 10.4. The third-order valence-corrected chi connectivity index (χ3v) is 5.29. The molecule has 8 heteroatoms. The van der Waals surface area contributed by atoms with E-state index in [0.29, 0.717) is 33.1 Å². The highest BCUT2D eigenvalue weighted by Crippen LogP contribution is 2.29. The van der Waals surface area contributed by atoms with E-state index in [1.807, 2.05) is 6.07 Å². The largest absolute Gasteiger partial charge is 0.496 e. The van der Waals surface area contributed by atoms with Gasteiger partial charge in [-0.05, 0) is 66.2 Å². The average Bonchev–Trinajstić information content (AvgIpc) is 2.84. The zero-order valence-corrected chi connectivity index (χ0v) is 18.5. The Labute approximate surface area is 198 Å². The van der Waals surface area contributed by atoms with Gasteiger partial charge in [0.25, 0.3) is 5.91 Å². The molecule has 6 nitrogen and oxygen atoms in total. The summed E-state index contributed by atoms with van der Waals surface area (Å²) in [6, 6.07) is 20.2. The Kier molecular flexibility index (Phi) is 6.44. The van der Waals surface area contributed by atoms with E-state index in [1.165, 1.54) is 37.4 Å². The Hall–Kier alpha value is -4.41. The predicted molar refractivity (Wildman–Crippen MR) is 126 cm³/mol. The van der Waals surface area contributed by atoms with Crippen LogP contribution < -0.4 is 15.7 Å². The van der Waals surface area contributed by atoms with E-state index in [1.54, 1.807) is 42.5 Å². The van der Waals surface area contributed by atoms with Crippen LogP contribution >= 0.6 is 11.6 Å². The van der Waals surface area contributed by atoms with E-state index in [9.17, 15) is 19.2 Å². The SMILES string of the molecule is COc1ccc(Cl)cc1C(=O)Nc1ccc(-c2cc(-c3ccc(F)cc3)oc(=O)c2C#N)cc1. The van der Waals surface area contributed by atoms with Gasteiger partial charge < -0.3 is 14.5 Å². The number of benzene rings is 3. The van der Waals surface area contributed by atoms with Gasteiger partial charge in [0.15, 0.2) is 0 Å². The van der Waals surface area contributed by atoms with Crippen molar-refractivity contribution in [3.63, 3.8) is 0 Å². The minimum absolute atomic E-state index is 0.161. The number of nitrogens with one attached hydrogen (secondary N) is 1. The fourth-order valence-electron chi connectivity index (χ4n) is 3.37. The Bertz CT molecular complexity index is 1470. The second kappa shape index (κ2) is 9.61. The van der Waals surface area contributed by atoms with Crippen LogP contribution in [0.4, 0.5) is 10.1 Å². The van der Waals surface area contributed by atoms with E-state index in [4.69, 9.17) is 20.8 Å². The van der Waals surface area contributed by atoms with Crippen molar-refractivity contribution in [3.8, 4) is 34.3 Å². The number of anilines is 1. The minimum Gasteiger partial charge on any atom is -0.496 e. The molecule has 4 rings (SSSR count). The number of rotatable bonds is 5. The van der Waals surface area contributed by atoms with Gasteiger partial charge in [-0.3, -0.25) is 4.79 Å². The van der Waals surface area contributed by atoms with Gasteiger partial charge in [0.05, 0.1) is 12.7 Å². The molecule has 0 atom stereocenters. The van der Waals surface area contributed by atoms with E-state index in [-0.39, 0.29) is 16.9 Å². The van der Waals surface area contributed by atoms with E-state index in [2.05, 4.69) is 5.32 Å². The van der Waals surface area contributed by atoms with Crippen molar-refractivity contribution in [2.24, 2.45) is 0 Å². The fraction of sp³-hybridized carbons (Fsp3) is 0.0385. The molecule has 1 N–H and O–H groups in total. The van der Waals surface area contributed by atoms with Crippen molar-refractivity contribution in [2.75, 3.05) is 12.4 Å². The topological polar surface area (TPSA) is 92.3 Å². The number of carbonyl (C=O) groups excluding carboxylic acids is 1. The van der Waals surface area contributed by atoms with Crippen molar-refractivity contribution in [2.45, 2.75) is 0 Å². The lowest BCUT2D eigenvalue weighted by Gasteiger charge is -2.11. The van der Waals surface area contributed by atoms with Crippen molar-refractivity contribution in [1.82, 2.24) is 0 Å². The quantitative estimate of drug-likeness (QED) is 0.389. The highest BCUT2D eigenvalue weighted by molar-refractivity contribution is 6.31. The summed E-state index contributed by atoms with van der Waals surface area (Å²) in [7, 11) is 1.46. The summed E-state index contributed by atoms with van der Waals surface area (Å²) < 4.78 is 23.7. The summed E-state index contributed by atoms with van der Waals surface area (Å²) in [4.78, 5) is 25.1. The first-order valence-corrected chi connectivity index (χ1v) is 10.4. The Morgan fingerprint density at radius 1 is 1.03 bits per heavy atom. The first-order chi connectivity index (χ1) is 16.4. The number of hydrogen-bond acceptors (Lipinski definition) is 5. The molecule has 3 aromatic carbocycles. The molecule has 0 aliphatic rings. The fourth-order valence-corrected chi connectivity index (χ4v) is 3.54. The summed E-state index contributed by atoms with van der Waals surface area (Å²) in [5.74, 6) is -0.261. The third-order valence-electron chi connectivity index (χ3n) is 5.05. The van der Waals surface area contributed by atoms with Crippen LogP contribution in [0, 0.1) is 17.1 Å². The summed E-state index contributed by atoms with van der Waals surface area (Å²) in [6.45, 7) is 0. The van der Waals surface area contributed by atoms with Crippen LogP contribution in [0.5, 0.6) is 5.75 Å². The molecule has 1 amide bonds. The second-order valence-corrected chi connectivity index (χ2v) is 7.62. The molecule has 4 aromatic rings. The van der Waals surface area contributed by atoms with E-state index < -0.39 is 17.3 Å². The lowest BCUT2D eigenvalue weighted by Crippen LogP contribution is -2.13. The molecule has 1 aromatic heterocycles. The summed E-state index contributed by atoms with van der Waals surface area (Å²) >= 11 is 6.00. The molecule has 0 spiro atoms. The Morgan fingerprint density at radius 3 is 2.35 bits per heavy atom. The van der Waals surface area contributed by atoms with E-state index >= 15 is 0 Å². The second-order valence-electron chi connectivity index (χ2n) is 7.18. The van der Waals surface area contributed by atoms with Crippen LogP contribution in [0.25, 0.3) is 22.5 Å². The van der Waals surface area contributed by atoms with Crippen LogP contribution in [0.3, 0.4) is 0 Å². The molecule has 168 valence electrons. The van der Waals surface area contributed by atoms with Gasteiger partial charge in [0.1, 0.15) is 29.0 Å². The zero-order valence-electron chi connectivity index (χ0n) is 17.8. The molecule has 0 radical (unpaired) electrons. The molecular formula is C26H16ClFN2O4. The molecule has 0 saturated heterocycles. The summed E-state index contributed by atoms with van der Waals surface area (Å²) in [6.07, 6.45) is 0. The van der Waals surface area contributed by atoms with Crippen LogP contribution in [0.15, 0.2) is 82.0 Å². The van der Waals surface area contributed by atoms with Crippen LogP contribution in [-0.2, 0) is 0 Å². The maximum Gasteiger partial charge on any atom is 0.354 e. The number of hydrogen-bond donors (Lipinski definition) is 1. The molecule has 0 aliphatic heterocycles. The van der Waals surface area contributed by atoms with Gasteiger partial charge >= 0.3 is 5.63 Å². The molecular weight excluding hydrogens is 459 g/mol. The molecule has 0 fully saturated rings. The molecule has 34 heavy (non-hydrogen) atoms. The van der Waals surface area contributed by atoms with Crippen molar-refractivity contribution < 1.29 is 18.3 Å². The number of ether oxygens (including phenoxy) is 1. The van der Waals surface area contributed by atoms with E-state index in [0.717, 1.165) is 0 Å². The third kappa shape index (κ3) is 4.68. The number of nitrogens with zero attached hydrogens (tertiary/aromatic N) is 1. The molecule has 0 aliphatic carbocycles. The monoisotopic (exact) mass is 474 g/mol. The van der Waals surface area contributed by atoms with Crippen molar-refractivity contribution >= 4 is 23.2 Å². The van der Waals surface area contributed by atoms with Gasteiger partial charge in [-0.15, -0.1) is 0 Å². The van der Waals surface area contributed by atoms with Gasteiger partial charge in [0, 0.05) is 21.8 Å². The maximum atomic E-state index is 13.3. The van der Waals surface area contributed by atoms with Crippen LogP contribution in [0.1, 0.15) is 15.9 Å². The number of methoxy groups -OCH3 is 1. The number of halogens is 2. The predicted octanol–water partition coefficient (Wildman–Crippen LogP) is 5.90. The van der Waals surface area contributed by atoms with Gasteiger partial charge in [0.2, 0.25) is 0 Å². The smallest absolute Gasteiger partial charge is 0.354 e. The summed E-state index contributed by atoms with van der Waals surface area (Å²) in [5, 5.41) is 12.6. The van der Waals surface area contributed by atoms with Crippen molar-refractivity contribution in [1.29, 1.82) is 5.26 Å². The molecule has 0 bridgehead atoms. The number of carbonyl (C=O) groups is 1. The minimum atomic E-state index is -0.801. The maximum absolute atomic E-state index is 13.3. The highest BCUT2D eigenvalue weighted by Gasteiger charge is 2.16. The number of nitriles is 1. The lowest BCUT2D eigenvalue weighted by molar-refractivity contribution is 0.102. The van der Waals surface area contributed by atoms with Gasteiger partial charge in [-0.2, -0.15) is 5.26 Å². The standard InChI is InChI=1S/C26H16ClFN2O4/c1-33-23-11-6-17(27)12-21(23)25(31)30-19-9-4-15(5-10-19)20-13-24(34-26(32)22(20)14-29)16-2-7-18(28)8-3-16/h2-13H,1H3,(H,30,31). The lowest BCUT2D eigenvalue weighted by atomic mass is 10.00. The Balaban J connectivity index is 1.66. The highest BCUT2D eigenvalue weighted by atomic mass is 35.5. The van der Waals surface area contributed by atoms with Crippen molar-refractivity contribution in [3.05, 3.63) is 105 Å². The van der Waals surface area contributed by atoms with Gasteiger partial charge in [-0.1, -0.05) is 23.7 Å².